The van der Waals surface area contributed by atoms with Gasteiger partial charge in [-0.15, -0.1) is 21.5 Å². The van der Waals surface area contributed by atoms with Gasteiger partial charge >= 0.3 is 0 Å². The van der Waals surface area contributed by atoms with Gasteiger partial charge in [0.05, 0.1) is 11.4 Å². The molecule has 0 N–H and O–H groups in total. The minimum atomic E-state index is -0.0380. The highest BCUT2D eigenvalue weighted by Crippen LogP contribution is 2.31. The fourth-order valence-electron chi connectivity index (χ4n) is 2.87. The van der Waals surface area contributed by atoms with Gasteiger partial charge in [0.25, 0.3) is 0 Å². The van der Waals surface area contributed by atoms with Gasteiger partial charge in [0, 0.05) is 43.1 Å². The second kappa shape index (κ2) is 8.76. The molecule has 3 aromatic heterocycles. The van der Waals surface area contributed by atoms with E-state index in [1.807, 2.05) is 29.6 Å². The molecule has 0 radical (unpaired) electrons. The maximum absolute atomic E-state index is 11.6. The highest BCUT2D eigenvalue weighted by Gasteiger charge is 2.18. The molecule has 0 atom stereocenters. The maximum atomic E-state index is 11.6. The van der Waals surface area contributed by atoms with Crippen molar-refractivity contribution in [3.05, 3.63) is 65.4 Å². The average molecular weight is 437 g/mol. The molecule has 0 spiro atoms. The maximum Gasteiger partial charge on any atom is 0.225 e. The summed E-state index contributed by atoms with van der Waals surface area (Å²) in [6.07, 6.45) is 3.53. The van der Waals surface area contributed by atoms with Crippen LogP contribution in [0.3, 0.4) is 0 Å². The van der Waals surface area contributed by atoms with E-state index >= 15 is 0 Å². The van der Waals surface area contributed by atoms with Crippen LogP contribution in [0, 0.1) is 6.92 Å². The molecule has 30 heavy (non-hydrogen) atoms. The molecule has 0 aliphatic heterocycles. The Kier molecular flexibility index (Phi) is 5.91. The minimum absolute atomic E-state index is 0.0380. The lowest BCUT2D eigenvalue weighted by Crippen LogP contribution is -2.22. The molecule has 0 aliphatic carbocycles. The lowest BCUT2D eigenvalue weighted by molar-refractivity contribution is -0.116. The van der Waals surface area contributed by atoms with Gasteiger partial charge in [-0.3, -0.25) is 19.2 Å². The van der Waals surface area contributed by atoms with Gasteiger partial charge in [-0.2, -0.15) is 0 Å². The first-order valence-corrected chi connectivity index (χ1v) is 11.1. The number of hydrogen-bond acceptors (Lipinski definition) is 7. The number of carbonyl (C=O) groups excluding carboxylic acids is 1. The average Bonchev–Trinajstić information content (AvgIpc) is 3.40. The molecule has 0 saturated carbocycles. The number of anilines is 1. The zero-order valence-corrected chi connectivity index (χ0v) is 18.4. The summed E-state index contributed by atoms with van der Waals surface area (Å²) in [5, 5.41) is 12.3. The number of para-hydroxylation sites is 1. The van der Waals surface area contributed by atoms with Crippen LogP contribution in [0.25, 0.3) is 17.1 Å². The van der Waals surface area contributed by atoms with Gasteiger partial charge in [0.15, 0.2) is 16.1 Å². The number of nitrogens with zero attached hydrogens (tertiary/aromatic N) is 6. The second-order valence-electron chi connectivity index (χ2n) is 6.66. The summed E-state index contributed by atoms with van der Waals surface area (Å²) in [4.78, 5) is 21.9. The summed E-state index contributed by atoms with van der Waals surface area (Å²) in [7, 11) is 1.73. The monoisotopic (exact) mass is 436 g/mol. The van der Waals surface area contributed by atoms with E-state index in [1.54, 1.807) is 36.1 Å². The summed E-state index contributed by atoms with van der Waals surface area (Å²) in [6, 6.07) is 12.0. The third kappa shape index (κ3) is 4.12. The molecule has 1 aromatic carbocycles. The van der Waals surface area contributed by atoms with Crippen molar-refractivity contribution in [3.63, 3.8) is 0 Å². The van der Waals surface area contributed by atoms with E-state index in [2.05, 4.69) is 43.8 Å². The van der Waals surface area contributed by atoms with E-state index in [4.69, 9.17) is 0 Å². The van der Waals surface area contributed by atoms with E-state index in [0.29, 0.717) is 10.9 Å². The Labute approximate surface area is 182 Å². The van der Waals surface area contributed by atoms with Gasteiger partial charge < -0.3 is 0 Å². The van der Waals surface area contributed by atoms with Crippen LogP contribution in [-0.4, -0.2) is 37.7 Å². The quantitative estimate of drug-likeness (QED) is 0.418. The molecule has 9 heteroatoms. The van der Waals surface area contributed by atoms with Crippen LogP contribution in [0.15, 0.2) is 59.3 Å². The van der Waals surface area contributed by atoms with E-state index in [1.165, 1.54) is 18.3 Å². The Bertz CT molecular complexity index is 1170. The van der Waals surface area contributed by atoms with E-state index < -0.39 is 0 Å². The van der Waals surface area contributed by atoms with Crippen LogP contribution in [0.2, 0.25) is 0 Å². The van der Waals surface area contributed by atoms with Crippen LogP contribution < -0.4 is 4.90 Å². The lowest BCUT2D eigenvalue weighted by Gasteiger charge is -2.12. The van der Waals surface area contributed by atoms with Crippen molar-refractivity contribution in [3.8, 4) is 17.1 Å². The first-order valence-electron chi connectivity index (χ1n) is 9.28. The van der Waals surface area contributed by atoms with Gasteiger partial charge in [0.1, 0.15) is 0 Å². The highest BCUT2D eigenvalue weighted by atomic mass is 32.2. The van der Waals surface area contributed by atoms with Gasteiger partial charge in [-0.05, 0) is 30.7 Å². The topological polar surface area (TPSA) is 76.8 Å². The first kappa shape index (κ1) is 20.2. The molecule has 152 valence electrons. The van der Waals surface area contributed by atoms with Crippen molar-refractivity contribution in [2.24, 2.45) is 0 Å². The number of benzene rings is 1. The van der Waals surface area contributed by atoms with Gasteiger partial charge in [0.2, 0.25) is 5.91 Å². The highest BCUT2D eigenvalue weighted by molar-refractivity contribution is 7.98. The zero-order chi connectivity index (χ0) is 21.1. The van der Waals surface area contributed by atoms with Crippen LogP contribution in [0.4, 0.5) is 5.13 Å². The standard InChI is InChI=1S/C21H20N6OS2/c1-14-7-4-5-9-18(14)27-19(16-8-6-10-22-11-16)24-25-21(27)30-13-17-12-29-20(23-17)26(3)15(2)28/h4-12H,13H2,1-3H3. The fourth-order valence-corrected chi connectivity index (χ4v) is 4.64. The molecule has 0 unspecified atom stereocenters. The Morgan fingerprint density at radius 2 is 2.03 bits per heavy atom. The van der Waals surface area contributed by atoms with Crippen molar-refractivity contribution in [2.75, 3.05) is 11.9 Å². The van der Waals surface area contributed by atoms with Crippen molar-refractivity contribution < 1.29 is 4.79 Å². The molecular formula is C21H20N6OS2. The predicted molar refractivity (Wildman–Crippen MR) is 120 cm³/mol. The number of rotatable bonds is 6. The van der Waals surface area contributed by atoms with Crippen LogP contribution in [0.1, 0.15) is 18.2 Å². The molecule has 0 fully saturated rings. The largest absolute Gasteiger partial charge is 0.292 e. The molecule has 0 bridgehead atoms. The number of carbonyl (C=O) groups is 1. The molecular weight excluding hydrogens is 416 g/mol. The number of pyridine rings is 1. The molecule has 1 amide bonds. The Morgan fingerprint density at radius 3 is 2.77 bits per heavy atom. The van der Waals surface area contributed by atoms with Crippen LogP contribution >= 0.6 is 23.1 Å². The number of thiazole rings is 1. The minimum Gasteiger partial charge on any atom is -0.292 e. The second-order valence-corrected chi connectivity index (χ2v) is 8.44. The lowest BCUT2D eigenvalue weighted by atomic mass is 10.2. The zero-order valence-electron chi connectivity index (χ0n) is 16.8. The number of amides is 1. The summed E-state index contributed by atoms with van der Waals surface area (Å²) >= 11 is 3.02. The van der Waals surface area contributed by atoms with Crippen LogP contribution in [-0.2, 0) is 10.5 Å². The molecule has 3 heterocycles. The van der Waals surface area contributed by atoms with Crippen molar-refractivity contribution in [1.82, 2.24) is 24.7 Å². The molecule has 7 nitrogen and oxygen atoms in total. The smallest absolute Gasteiger partial charge is 0.225 e. The summed E-state index contributed by atoms with van der Waals surface area (Å²) in [6.45, 7) is 3.60. The SMILES string of the molecule is CC(=O)N(C)c1nc(CSc2nnc(-c3cccnc3)n2-c2ccccc2C)cs1. The number of aromatic nitrogens is 5. The number of hydrogen-bond donors (Lipinski definition) is 0. The Balaban J connectivity index is 1.67. The first-order chi connectivity index (χ1) is 14.5. The Morgan fingerprint density at radius 1 is 1.20 bits per heavy atom. The molecule has 4 rings (SSSR count). The summed E-state index contributed by atoms with van der Waals surface area (Å²) in [5.74, 6) is 1.33. The van der Waals surface area contributed by atoms with Crippen LogP contribution in [0.5, 0.6) is 0 Å². The summed E-state index contributed by atoms with van der Waals surface area (Å²) in [5.41, 5.74) is 3.96. The van der Waals surface area contributed by atoms with E-state index in [-0.39, 0.29) is 5.91 Å². The van der Waals surface area contributed by atoms with Gasteiger partial charge in [-0.25, -0.2) is 4.98 Å². The third-order valence-electron chi connectivity index (χ3n) is 4.56. The van der Waals surface area contributed by atoms with Crippen molar-refractivity contribution in [2.45, 2.75) is 24.8 Å². The predicted octanol–water partition coefficient (Wildman–Crippen LogP) is 4.37. The normalized spacial score (nSPS) is 10.9. The molecule has 0 saturated heterocycles. The van der Waals surface area contributed by atoms with Crippen molar-refractivity contribution >= 4 is 34.1 Å². The van der Waals surface area contributed by atoms with E-state index in [9.17, 15) is 4.79 Å². The third-order valence-corrected chi connectivity index (χ3v) is 6.49. The Hall–Kier alpha value is -3.04. The summed E-state index contributed by atoms with van der Waals surface area (Å²) < 4.78 is 2.06. The van der Waals surface area contributed by atoms with E-state index in [0.717, 1.165) is 33.5 Å². The number of aryl methyl sites for hydroxylation is 1. The van der Waals surface area contributed by atoms with Gasteiger partial charge in [-0.1, -0.05) is 30.0 Å². The number of thioether (sulfide) groups is 1. The fraction of sp³-hybridized carbons (Fsp3) is 0.190. The van der Waals surface area contributed by atoms with Crippen molar-refractivity contribution in [1.29, 1.82) is 0 Å². The molecule has 4 aromatic rings. The molecule has 0 aliphatic rings.